The van der Waals surface area contributed by atoms with E-state index < -0.39 is 36.9 Å². The third-order valence-electron chi connectivity index (χ3n) is 3.99. The number of para-hydroxylation sites is 1. The summed E-state index contributed by atoms with van der Waals surface area (Å²) in [6, 6.07) is 8.88. The lowest BCUT2D eigenvalue weighted by atomic mass is 10.2. The van der Waals surface area contributed by atoms with Gasteiger partial charge >= 0.3 is 5.97 Å². The summed E-state index contributed by atoms with van der Waals surface area (Å²) in [5, 5.41) is 2.11. The molecule has 0 atom stereocenters. The number of amides is 3. The molecule has 2 aromatic carbocycles. The van der Waals surface area contributed by atoms with Crippen molar-refractivity contribution in [3.63, 3.8) is 0 Å². The van der Waals surface area contributed by atoms with Crippen LogP contribution in [0, 0.1) is 0 Å². The molecule has 0 radical (unpaired) electrons. The molecule has 0 fully saturated rings. The number of carbonyl (C=O) groups excluding carboxylic acids is 4. The van der Waals surface area contributed by atoms with Gasteiger partial charge in [0.1, 0.15) is 5.75 Å². The van der Waals surface area contributed by atoms with E-state index in [0.717, 1.165) is 0 Å². The highest BCUT2D eigenvalue weighted by Crippen LogP contribution is 2.38. The summed E-state index contributed by atoms with van der Waals surface area (Å²) in [5.41, 5.74) is 5.20. The van der Waals surface area contributed by atoms with Crippen molar-refractivity contribution >= 4 is 23.7 Å². The monoisotopic (exact) mass is 446 g/mol. The van der Waals surface area contributed by atoms with Crippen LogP contribution in [0.15, 0.2) is 36.4 Å². The van der Waals surface area contributed by atoms with Crippen LogP contribution < -0.4 is 30.0 Å². The molecule has 2 rings (SSSR count). The standard InChI is InChI=1S/C21H22N2O9/c1-28-14-7-5-4-6-13(14)20(26)23-18(25)11-32-21(27)12-8-15(29-2)19(16(9-12)30-3)31-10-17(22)24/h4-9H,10-11H2,1-3H3,(H2,22,24)(H,23,25,26). The number of benzene rings is 2. The average Bonchev–Trinajstić information content (AvgIpc) is 2.80. The molecule has 170 valence electrons. The molecule has 32 heavy (non-hydrogen) atoms. The maximum Gasteiger partial charge on any atom is 0.338 e. The van der Waals surface area contributed by atoms with Gasteiger partial charge in [-0.05, 0) is 24.3 Å². The van der Waals surface area contributed by atoms with Gasteiger partial charge in [0.15, 0.2) is 24.7 Å². The van der Waals surface area contributed by atoms with E-state index in [2.05, 4.69) is 5.32 Å². The Morgan fingerprint density at radius 2 is 1.47 bits per heavy atom. The molecule has 0 aliphatic rings. The summed E-state index contributed by atoms with van der Waals surface area (Å²) in [7, 11) is 4.03. The van der Waals surface area contributed by atoms with Crippen LogP contribution in [-0.2, 0) is 14.3 Å². The van der Waals surface area contributed by atoms with E-state index in [0.29, 0.717) is 0 Å². The Labute approximate surface area is 183 Å². The summed E-state index contributed by atoms with van der Waals surface area (Å²) in [6.45, 7) is -1.15. The van der Waals surface area contributed by atoms with E-state index in [9.17, 15) is 19.2 Å². The van der Waals surface area contributed by atoms with Crippen molar-refractivity contribution in [1.29, 1.82) is 0 Å². The van der Waals surface area contributed by atoms with Gasteiger partial charge < -0.3 is 29.4 Å². The molecule has 0 aliphatic heterocycles. The fraction of sp³-hybridized carbons (Fsp3) is 0.238. The molecule has 0 spiro atoms. The minimum atomic E-state index is -0.886. The highest BCUT2D eigenvalue weighted by Gasteiger charge is 2.21. The molecule has 0 heterocycles. The van der Waals surface area contributed by atoms with Crippen molar-refractivity contribution in [2.45, 2.75) is 0 Å². The third kappa shape index (κ3) is 6.11. The van der Waals surface area contributed by atoms with E-state index in [-0.39, 0.29) is 34.1 Å². The summed E-state index contributed by atoms with van der Waals surface area (Å²) in [6.07, 6.45) is 0. The van der Waals surface area contributed by atoms with Gasteiger partial charge in [0, 0.05) is 0 Å². The predicted molar refractivity (Wildman–Crippen MR) is 110 cm³/mol. The molecule has 0 saturated carbocycles. The Morgan fingerprint density at radius 3 is 2.03 bits per heavy atom. The quantitative estimate of drug-likeness (QED) is 0.502. The maximum absolute atomic E-state index is 12.4. The van der Waals surface area contributed by atoms with E-state index in [1.54, 1.807) is 18.2 Å². The smallest absolute Gasteiger partial charge is 0.338 e. The SMILES string of the molecule is COc1ccccc1C(=O)NC(=O)COC(=O)c1cc(OC)c(OCC(N)=O)c(OC)c1. The number of nitrogens with two attached hydrogens (primary N) is 1. The van der Waals surface area contributed by atoms with Crippen LogP contribution >= 0.6 is 0 Å². The van der Waals surface area contributed by atoms with Gasteiger partial charge in [-0.25, -0.2) is 4.79 Å². The van der Waals surface area contributed by atoms with Crippen LogP contribution in [-0.4, -0.2) is 58.2 Å². The molecular weight excluding hydrogens is 424 g/mol. The van der Waals surface area contributed by atoms with Crippen LogP contribution in [0.1, 0.15) is 20.7 Å². The number of primary amides is 1. The number of ether oxygens (including phenoxy) is 5. The molecule has 0 saturated heterocycles. The summed E-state index contributed by atoms with van der Waals surface area (Å²) >= 11 is 0. The van der Waals surface area contributed by atoms with Gasteiger partial charge in [-0.3, -0.25) is 19.7 Å². The number of esters is 1. The summed E-state index contributed by atoms with van der Waals surface area (Å²) in [4.78, 5) is 47.6. The fourth-order valence-electron chi connectivity index (χ4n) is 2.56. The Hall–Kier alpha value is -4.28. The number of hydrogen-bond acceptors (Lipinski definition) is 9. The molecule has 0 aliphatic carbocycles. The van der Waals surface area contributed by atoms with E-state index >= 15 is 0 Å². The zero-order valence-electron chi connectivity index (χ0n) is 17.6. The van der Waals surface area contributed by atoms with Crippen LogP contribution in [0.4, 0.5) is 0 Å². The van der Waals surface area contributed by atoms with Crippen molar-refractivity contribution in [3.8, 4) is 23.0 Å². The lowest BCUT2D eigenvalue weighted by Crippen LogP contribution is -2.34. The van der Waals surface area contributed by atoms with Crippen molar-refractivity contribution in [1.82, 2.24) is 5.32 Å². The maximum atomic E-state index is 12.4. The zero-order valence-corrected chi connectivity index (χ0v) is 17.6. The number of rotatable bonds is 10. The molecular formula is C21H22N2O9. The topological polar surface area (TPSA) is 152 Å². The van der Waals surface area contributed by atoms with Crippen LogP contribution in [0.25, 0.3) is 0 Å². The molecule has 2 aromatic rings. The van der Waals surface area contributed by atoms with Crippen LogP contribution in [0.2, 0.25) is 0 Å². The van der Waals surface area contributed by atoms with E-state index in [1.807, 2.05) is 0 Å². The van der Waals surface area contributed by atoms with Gasteiger partial charge in [0.2, 0.25) is 5.75 Å². The second kappa shape index (κ2) is 11.2. The Kier molecular flexibility index (Phi) is 8.40. The first-order chi connectivity index (χ1) is 15.3. The van der Waals surface area contributed by atoms with Crippen molar-refractivity contribution in [2.75, 3.05) is 34.5 Å². The van der Waals surface area contributed by atoms with Crippen molar-refractivity contribution < 1.29 is 42.9 Å². The number of carbonyl (C=O) groups is 4. The third-order valence-corrected chi connectivity index (χ3v) is 3.99. The highest BCUT2D eigenvalue weighted by molar-refractivity contribution is 6.07. The second-order valence-electron chi connectivity index (χ2n) is 6.12. The Morgan fingerprint density at radius 1 is 0.875 bits per heavy atom. The van der Waals surface area contributed by atoms with Crippen molar-refractivity contribution in [2.24, 2.45) is 5.73 Å². The first-order valence-corrected chi connectivity index (χ1v) is 9.12. The normalized spacial score (nSPS) is 9.97. The molecule has 11 heteroatoms. The van der Waals surface area contributed by atoms with Crippen LogP contribution in [0.3, 0.4) is 0 Å². The zero-order chi connectivity index (χ0) is 23.7. The lowest BCUT2D eigenvalue weighted by molar-refractivity contribution is -0.123. The average molecular weight is 446 g/mol. The van der Waals surface area contributed by atoms with Gasteiger partial charge in [0.25, 0.3) is 17.7 Å². The minimum absolute atomic E-state index is 0.0195. The summed E-state index contributed by atoms with van der Waals surface area (Å²) < 4.78 is 25.6. The summed E-state index contributed by atoms with van der Waals surface area (Å²) in [5.74, 6) is -2.65. The molecule has 3 N–H and O–H groups in total. The molecule has 0 bridgehead atoms. The van der Waals surface area contributed by atoms with Gasteiger partial charge in [-0.15, -0.1) is 0 Å². The Bertz CT molecular complexity index is 995. The number of hydrogen-bond donors (Lipinski definition) is 2. The fourth-order valence-corrected chi connectivity index (χ4v) is 2.56. The molecule has 0 aromatic heterocycles. The molecule has 0 unspecified atom stereocenters. The van der Waals surface area contributed by atoms with Crippen LogP contribution in [0.5, 0.6) is 23.0 Å². The van der Waals surface area contributed by atoms with Gasteiger partial charge in [-0.2, -0.15) is 0 Å². The number of methoxy groups -OCH3 is 3. The van der Waals surface area contributed by atoms with E-state index in [1.165, 1.54) is 39.5 Å². The first kappa shape index (κ1) is 24.0. The Balaban J connectivity index is 2.06. The molecule has 11 nitrogen and oxygen atoms in total. The van der Waals surface area contributed by atoms with Crippen molar-refractivity contribution in [3.05, 3.63) is 47.5 Å². The number of nitrogens with one attached hydrogen (secondary N) is 1. The molecule has 3 amide bonds. The second-order valence-corrected chi connectivity index (χ2v) is 6.12. The first-order valence-electron chi connectivity index (χ1n) is 9.12. The van der Waals surface area contributed by atoms with Gasteiger partial charge in [0.05, 0.1) is 32.5 Å². The predicted octanol–water partition coefficient (Wildman–Crippen LogP) is 0.690. The highest BCUT2D eigenvalue weighted by atomic mass is 16.5. The minimum Gasteiger partial charge on any atom is -0.496 e. The largest absolute Gasteiger partial charge is 0.496 e. The van der Waals surface area contributed by atoms with Gasteiger partial charge in [-0.1, -0.05) is 12.1 Å². The number of imide groups is 1. The lowest BCUT2D eigenvalue weighted by Gasteiger charge is -2.15. The van der Waals surface area contributed by atoms with E-state index in [4.69, 9.17) is 29.4 Å².